The van der Waals surface area contributed by atoms with E-state index in [1.54, 1.807) is 12.1 Å². The van der Waals surface area contributed by atoms with E-state index in [2.05, 4.69) is 43.0 Å². The first-order chi connectivity index (χ1) is 11.5. The Balaban J connectivity index is 1.78. The number of alkyl halides is 3. The van der Waals surface area contributed by atoms with Crippen LogP contribution in [0.5, 0.6) is 0 Å². The second kappa shape index (κ2) is 6.66. The summed E-state index contributed by atoms with van der Waals surface area (Å²) in [5.74, 6) is 0.640. The van der Waals surface area contributed by atoms with Gasteiger partial charge in [-0.3, -0.25) is 9.80 Å². The van der Waals surface area contributed by atoms with E-state index in [4.69, 9.17) is 0 Å². The van der Waals surface area contributed by atoms with E-state index in [0.29, 0.717) is 24.7 Å². The van der Waals surface area contributed by atoms with Crippen molar-refractivity contribution in [2.45, 2.75) is 76.9 Å². The third kappa shape index (κ3) is 3.84. The van der Waals surface area contributed by atoms with Crippen molar-refractivity contribution in [3.05, 3.63) is 0 Å². The molecule has 5 unspecified atom stereocenters. The molecule has 0 aromatic rings. The van der Waals surface area contributed by atoms with Gasteiger partial charge in [0.05, 0.1) is 6.17 Å². The summed E-state index contributed by atoms with van der Waals surface area (Å²) in [7, 11) is 3.92. The number of rotatable bonds is 2. The van der Waals surface area contributed by atoms with Crippen LogP contribution in [0, 0.1) is 11.3 Å². The highest BCUT2D eigenvalue weighted by atomic mass is 19.4. The molecule has 3 fully saturated rings. The van der Waals surface area contributed by atoms with Crippen molar-refractivity contribution in [3.8, 4) is 0 Å². The fourth-order valence-corrected chi connectivity index (χ4v) is 5.18. The molecule has 7 heteroatoms. The fourth-order valence-electron chi connectivity index (χ4n) is 5.18. The summed E-state index contributed by atoms with van der Waals surface area (Å²) in [5, 5.41) is 1.69. The van der Waals surface area contributed by atoms with E-state index in [9.17, 15) is 13.2 Å². The normalized spacial score (nSPS) is 39.1. The third-order valence-electron chi connectivity index (χ3n) is 6.46. The van der Waals surface area contributed by atoms with E-state index in [-0.39, 0.29) is 17.9 Å². The topological polar surface area (TPSA) is 21.8 Å². The molecule has 0 aromatic carbocycles. The molecule has 0 aromatic heterocycles. The Labute approximate surface area is 149 Å². The molecule has 3 aliphatic heterocycles. The standard InChI is InChI=1S/C18H33F3N4/c1-17(2,3)15-9-12-7-6-8-23(4)16(12)25(15)11-13-10-14(18(19,20)21)22-24(13)5/h12-16,22H,6-11H2,1-5H3. The van der Waals surface area contributed by atoms with Crippen LogP contribution in [0.4, 0.5) is 13.2 Å². The molecule has 25 heavy (non-hydrogen) atoms. The van der Waals surface area contributed by atoms with Gasteiger partial charge >= 0.3 is 6.18 Å². The Morgan fingerprint density at radius 1 is 1.08 bits per heavy atom. The number of hydrogen-bond donors (Lipinski definition) is 1. The molecular formula is C18H33F3N4. The SMILES string of the molecule is CN1CCCC2CC(C(C)(C)C)N(CC3CC(C(F)(F)F)NN3C)C21. The number of hydrogen-bond acceptors (Lipinski definition) is 4. The van der Waals surface area contributed by atoms with Crippen LogP contribution >= 0.6 is 0 Å². The van der Waals surface area contributed by atoms with Crippen LogP contribution in [0.25, 0.3) is 0 Å². The van der Waals surface area contributed by atoms with Gasteiger partial charge in [-0.15, -0.1) is 0 Å². The summed E-state index contributed by atoms with van der Waals surface area (Å²) in [5.41, 5.74) is 2.75. The minimum absolute atomic E-state index is 0.106. The second-order valence-corrected chi connectivity index (χ2v) is 9.33. The van der Waals surface area contributed by atoms with Gasteiger partial charge in [0.25, 0.3) is 0 Å². The van der Waals surface area contributed by atoms with Crippen LogP contribution < -0.4 is 5.43 Å². The Kier molecular flexibility index (Phi) is 5.17. The Bertz CT molecular complexity index is 474. The summed E-state index contributed by atoms with van der Waals surface area (Å²) < 4.78 is 39.3. The molecule has 0 bridgehead atoms. The number of piperidine rings is 1. The van der Waals surface area contributed by atoms with E-state index in [0.717, 1.165) is 13.0 Å². The van der Waals surface area contributed by atoms with Crippen LogP contribution in [-0.4, -0.2) is 72.5 Å². The molecule has 5 atom stereocenters. The first kappa shape index (κ1) is 19.4. The number of nitrogens with zero attached hydrogens (tertiary/aromatic N) is 3. The Morgan fingerprint density at radius 3 is 2.32 bits per heavy atom. The Hall–Kier alpha value is -0.370. The average Bonchev–Trinajstić information content (AvgIpc) is 3.01. The molecule has 0 radical (unpaired) electrons. The first-order valence-corrected chi connectivity index (χ1v) is 9.50. The van der Waals surface area contributed by atoms with Crippen molar-refractivity contribution >= 4 is 0 Å². The molecule has 146 valence electrons. The largest absolute Gasteiger partial charge is 0.405 e. The molecular weight excluding hydrogens is 329 g/mol. The smallest absolute Gasteiger partial charge is 0.291 e. The van der Waals surface area contributed by atoms with Crippen LogP contribution in [0.3, 0.4) is 0 Å². The predicted molar refractivity (Wildman–Crippen MR) is 92.9 cm³/mol. The summed E-state index contributed by atoms with van der Waals surface area (Å²) in [4.78, 5) is 4.94. The summed E-state index contributed by atoms with van der Waals surface area (Å²) in [6.45, 7) is 8.56. The molecule has 0 saturated carbocycles. The van der Waals surface area contributed by atoms with Gasteiger partial charge in [0.2, 0.25) is 0 Å². The number of halogens is 3. The van der Waals surface area contributed by atoms with Crippen LogP contribution in [-0.2, 0) is 0 Å². The van der Waals surface area contributed by atoms with E-state index < -0.39 is 12.2 Å². The zero-order valence-corrected chi connectivity index (χ0v) is 16.1. The number of likely N-dealkylation sites (N-methyl/N-ethyl adjacent to an activating group) is 1. The van der Waals surface area contributed by atoms with Gasteiger partial charge in [0.1, 0.15) is 6.04 Å². The maximum absolute atomic E-state index is 13.1. The number of nitrogens with one attached hydrogen (secondary N) is 1. The van der Waals surface area contributed by atoms with E-state index in [1.165, 1.54) is 12.8 Å². The lowest BCUT2D eigenvalue weighted by Gasteiger charge is -2.44. The van der Waals surface area contributed by atoms with Crippen molar-refractivity contribution in [1.29, 1.82) is 0 Å². The van der Waals surface area contributed by atoms with Gasteiger partial charge < -0.3 is 0 Å². The van der Waals surface area contributed by atoms with Crippen LogP contribution in [0.2, 0.25) is 0 Å². The maximum Gasteiger partial charge on any atom is 0.405 e. The lowest BCUT2D eigenvalue weighted by molar-refractivity contribution is -0.156. The maximum atomic E-state index is 13.1. The molecule has 0 amide bonds. The third-order valence-corrected chi connectivity index (χ3v) is 6.46. The van der Waals surface area contributed by atoms with Crippen molar-refractivity contribution in [3.63, 3.8) is 0 Å². The highest BCUT2D eigenvalue weighted by molar-refractivity contribution is 5.01. The molecule has 3 heterocycles. The van der Waals surface area contributed by atoms with Gasteiger partial charge in [-0.1, -0.05) is 20.8 Å². The van der Waals surface area contributed by atoms with Crippen molar-refractivity contribution in [2.24, 2.45) is 11.3 Å². The minimum Gasteiger partial charge on any atom is -0.291 e. The summed E-state index contributed by atoms with van der Waals surface area (Å²) >= 11 is 0. The van der Waals surface area contributed by atoms with Gasteiger partial charge in [-0.2, -0.15) is 13.2 Å². The van der Waals surface area contributed by atoms with E-state index >= 15 is 0 Å². The molecule has 4 nitrogen and oxygen atoms in total. The molecule has 0 spiro atoms. The molecule has 3 aliphatic rings. The van der Waals surface area contributed by atoms with Gasteiger partial charge in [-0.25, -0.2) is 10.4 Å². The molecule has 3 rings (SSSR count). The van der Waals surface area contributed by atoms with Crippen LogP contribution in [0.15, 0.2) is 0 Å². The quantitative estimate of drug-likeness (QED) is 0.815. The average molecular weight is 362 g/mol. The van der Waals surface area contributed by atoms with Crippen molar-refractivity contribution < 1.29 is 13.2 Å². The number of hydrazine groups is 1. The highest BCUT2D eigenvalue weighted by Crippen LogP contribution is 2.44. The number of fused-ring (bicyclic) bond motifs is 1. The van der Waals surface area contributed by atoms with Crippen LogP contribution in [0.1, 0.15) is 46.5 Å². The lowest BCUT2D eigenvalue weighted by atomic mass is 9.82. The second-order valence-electron chi connectivity index (χ2n) is 9.33. The predicted octanol–water partition coefficient (Wildman–Crippen LogP) is 2.91. The minimum atomic E-state index is -4.18. The van der Waals surface area contributed by atoms with Gasteiger partial charge in [-0.05, 0) is 50.6 Å². The highest BCUT2D eigenvalue weighted by Gasteiger charge is 2.51. The fraction of sp³-hybridized carbons (Fsp3) is 1.00. The van der Waals surface area contributed by atoms with Gasteiger partial charge in [0, 0.05) is 25.7 Å². The molecule has 1 N–H and O–H groups in total. The van der Waals surface area contributed by atoms with E-state index in [1.807, 2.05) is 0 Å². The lowest BCUT2D eigenvalue weighted by Crippen LogP contribution is -2.55. The van der Waals surface area contributed by atoms with Crippen molar-refractivity contribution in [1.82, 2.24) is 20.2 Å². The van der Waals surface area contributed by atoms with Crippen molar-refractivity contribution in [2.75, 3.05) is 27.2 Å². The Morgan fingerprint density at radius 2 is 1.76 bits per heavy atom. The molecule has 0 aliphatic carbocycles. The first-order valence-electron chi connectivity index (χ1n) is 9.50. The number of likely N-dealkylation sites (tertiary alicyclic amines) is 2. The summed E-state index contributed by atoms with van der Waals surface area (Å²) in [6, 6.07) is -1.11. The van der Waals surface area contributed by atoms with Gasteiger partial charge in [0.15, 0.2) is 0 Å². The summed E-state index contributed by atoms with van der Waals surface area (Å²) in [6.07, 6.45) is -0.0525. The monoisotopic (exact) mass is 362 g/mol. The zero-order valence-electron chi connectivity index (χ0n) is 16.1. The zero-order chi connectivity index (χ0) is 18.6. The molecule has 3 saturated heterocycles.